The number of carboxylic acid groups (broad SMARTS) is 1. The molecule has 0 amide bonds. The lowest BCUT2D eigenvalue weighted by atomic mass is 9.98. The summed E-state index contributed by atoms with van der Waals surface area (Å²) in [5.41, 5.74) is 1.62. The average Bonchev–Trinajstić information content (AvgIpc) is 2.96. The maximum absolute atomic E-state index is 12.6. The van der Waals surface area contributed by atoms with Crippen molar-refractivity contribution in [3.8, 4) is 17.2 Å². The third kappa shape index (κ3) is 2.70. The van der Waals surface area contributed by atoms with Crippen LogP contribution in [-0.2, 0) is 4.79 Å². The molecule has 23 heavy (non-hydrogen) atoms. The largest absolute Gasteiger partial charge is 0.497 e. The van der Waals surface area contributed by atoms with E-state index in [-0.39, 0.29) is 11.5 Å². The second kappa shape index (κ2) is 5.64. The Morgan fingerprint density at radius 2 is 1.70 bits per heavy atom. The smallest absolute Gasteiger partial charge is 0.387 e. The first kappa shape index (κ1) is 14.9. The SMILES string of the molecule is COc1ccc(C(=O)c2cc3c(cc2C)OC(C(=O)O)O3)cc1. The minimum atomic E-state index is -1.38. The summed E-state index contributed by atoms with van der Waals surface area (Å²) >= 11 is 0. The van der Waals surface area contributed by atoms with Gasteiger partial charge in [-0.15, -0.1) is 0 Å². The lowest BCUT2D eigenvalue weighted by molar-refractivity contribution is -0.154. The van der Waals surface area contributed by atoms with Crippen molar-refractivity contribution in [3.63, 3.8) is 0 Å². The summed E-state index contributed by atoms with van der Waals surface area (Å²) in [6.45, 7) is 1.76. The molecule has 1 aliphatic rings. The van der Waals surface area contributed by atoms with Crippen molar-refractivity contribution < 1.29 is 28.9 Å². The van der Waals surface area contributed by atoms with Gasteiger partial charge < -0.3 is 19.3 Å². The van der Waals surface area contributed by atoms with Crippen molar-refractivity contribution in [1.29, 1.82) is 0 Å². The van der Waals surface area contributed by atoms with Gasteiger partial charge in [-0.3, -0.25) is 4.79 Å². The first-order valence-electron chi connectivity index (χ1n) is 6.89. The highest BCUT2D eigenvalue weighted by atomic mass is 16.7. The highest BCUT2D eigenvalue weighted by Gasteiger charge is 2.32. The van der Waals surface area contributed by atoms with E-state index in [2.05, 4.69) is 0 Å². The Labute approximate surface area is 132 Å². The zero-order valence-corrected chi connectivity index (χ0v) is 12.5. The van der Waals surface area contributed by atoms with Gasteiger partial charge >= 0.3 is 12.3 Å². The van der Waals surface area contributed by atoms with Gasteiger partial charge in [0.2, 0.25) is 0 Å². The summed E-state index contributed by atoms with van der Waals surface area (Å²) in [6.07, 6.45) is -1.38. The van der Waals surface area contributed by atoms with Crippen LogP contribution in [0, 0.1) is 6.92 Å². The molecular formula is C17H14O6. The monoisotopic (exact) mass is 314 g/mol. The molecule has 0 spiro atoms. The number of carbonyl (C=O) groups is 2. The fourth-order valence-electron chi connectivity index (χ4n) is 2.34. The van der Waals surface area contributed by atoms with Crippen LogP contribution in [0.3, 0.4) is 0 Å². The Balaban J connectivity index is 1.93. The standard InChI is InChI=1S/C17H14O6/c1-9-7-13-14(23-17(22-13)16(19)20)8-12(9)15(18)10-3-5-11(21-2)6-4-10/h3-8,17H,1-2H3,(H,19,20). The minimum Gasteiger partial charge on any atom is -0.497 e. The number of aryl methyl sites for hydroxylation is 1. The van der Waals surface area contributed by atoms with E-state index in [1.807, 2.05) is 0 Å². The van der Waals surface area contributed by atoms with Crippen molar-refractivity contribution >= 4 is 11.8 Å². The van der Waals surface area contributed by atoms with E-state index in [1.165, 1.54) is 6.07 Å². The van der Waals surface area contributed by atoms with Gasteiger partial charge in [-0.05, 0) is 48.9 Å². The number of aliphatic carboxylic acids is 1. The Morgan fingerprint density at radius 3 is 2.26 bits per heavy atom. The predicted octanol–water partition coefficient (Wildman–Crippen LogP) is 2.42. The van der Waals surface area contributed by atoms with Gasteiger partial charge in [0.15, 0.2) is 17.3 Å². The number of ketones is 1. The molecule has 1 unspecified atom stereocenters. The second-order valence-electron chi connectivity index (χ2n) is 5.08. The molecule has 6 heteroatoms. The van der Waals surface area contributed by atoms with Crippen LogP contribution in [0.2, 0.25) is 0 Å². The van der Waals surface area contributed by atoms with Crippen molar-refractivity contribution in [2.75, 3.05) is 7.11 Å². The summed E-state index contributed by atoms with van der Waals surface area (Å²) in [6, 6.07) is 9.87. The quantitative estimate of drug-likeness (QED) is 0.873. The molecule has 0 bridgehead atoms. The van der Waals surface area contributed by atoms with Gasteiger partial charge in [-0.1, -0.05) is 0 Å². The third-order valence-electron chi connectivity index (χ3n) is 3.56. The number of carboxylic acids is 1. The number of methoxy groups -OCH3 is 1. The molecule has 0 aromatic heterocycles. The molecule has 3 rings (SSSR count). The fourth-order valence-corrected chi connectivity index (χ4v) is 2.34. The maximum atomic E-state index is 12.6. The van der Waals surface area contributed by atoms with E-state index < -0.39 is 12.3 Å². The van der Waals surface area contributed by atoms with E-state index in [9.17, 15) is 9.59 Å². The molecule has 1 heterocycles. The molecule has 2 aromatic rings. The van der Waals surface area contributed by atoms with Crippen molar-refractivity contribution in [1.82, 2.24) is 0 Å². The van der Waals surface area contributed by atoms with Gasteiger partial charge in [-0.2, -0.15) is 0 Å². The molecule has 0 fully saturated rings. The first-order chi connectivity index (χ1) is 11.0. The Kier molecular flexibility index (Phi) is 3.65. The summed E-state index contributed by atoms with van der Waals surface area (Å²) in [5, 5.41) is 8.93. The Bertz CT molecular complexity index is 778. The number of fused-ring (bicyclic) bond motifs is 1. The number of ether oxygens (including phenoxy) is 3. The predicted molar refractivity (Wildman–Crippen MR) is 80.3 cm³/mol. The topological polar surface area (TPSA) is 82.1 Å². The second-order valence-corrected chi connectivity index (χ2v) is 5.08. The zero-order chi connectivity index (χ0) is 16.6. The van der Waals surface area contributed by atoms with E-state index in [4.69, 9.17) is 19.3 Å². The molecular weight excluding hydrogens is 300 g/mol. The number of hydrogen-bond donors (Lipinski definition) is 1. The molecule has 1 aliphatic heterocycles. The summed E-state index contributed by atoms with van der Waals surface area (Å²) < 4.78 is 15.4. The van der Waals surface area contributed by atoms with Crippen LogP contribution in [0.5, 0.6) is 17.2 Å². The van der Waals surface area contributed by atoms with E-state index in [1.54, 1.807) is 44.4 Å². The van der Waals surface area contributed by atoms with Gasteiger partial charge in [0, 0.05) is 11.1 Å². The van der Waals surface area contributed by atoms with Gasteiger partial charge in [0.1, 0.15) is 5.75 Å². The molecule has 6 nitrogen and oxygen atoms in total. The molecule has 0 saturated carbocycles. The molecule has 118 valence electrons. The highest BCUT2D eigenvalue weighted by molar-refractivity contribution is 6.10. The molecule has 0 saturated heterocycles. The minimum absolute atomic E-state index is 0.185. The summed E-state index contributed by atoms with van der Waals surface area (Å²) in [7, 11) is 1.55. The van der Waals surface area contributed by atoms with Crippen LogP contribution in [0.15, 0.2) is 36.4 Å². The van der Waals surface area contributed by atoms with E-state index in [0.717, 1.165) is 0 Å². The van der Waals surface area contributed by atoms with Crippen LogP contribution < -0.4 is 14.2 Å². The van der Waals surface area contributed by atoms with E-state index >= 15 is 0 Å². The van der Waals surface area contributed by atoms with Crippen molar-refractivity contribution in [3.05, 3.63) is 53.1 Å². The van der Waals surface area contributed by atoms with E-state index in [0.29, 0.717) is 28.2 Å². The molecule has 1 N–H and O–H groups in total. The Hall–Kier alpha value is -3.02. The maximum Gasteiger partial charge on any atom is 0.387 e. The molecule has 0 radical (unpaired) electrons. The van der Waals surface area contributed by atoms with Crippen LogP contribution >= 0.6 is 0 Å². The lowest BCUT2D eigenvalue weighted by Gasteiger charge is -2.07. The Morgan fingerprint density at radius 1 is 1.09 bits per heavy atom. The number of carbonyl (C=O) groups excluding carboxylic acids is 1. The third-order valence-corrected chi connectivity index (χ3v) is 3.56. The first-order valence-corrected chi connectivity index (χ1v) is 6.89. The molecule has 0 aliphatic carbocycles. The van der Waals surface area contributed by atoms with Gasteiger partial charge in [0.05, 0.1) is 7.11 Å². The zero-order valence-electron chi connectivity index (χ0n) is 12.5. The molecule has 1 atom stereocenters. The van der Waals surface area contributed by atoms with Gasteiger partial charge in [0.25, 0.3) is 0 Å². The average molecular weight is 314 g/mol. The fraction of sp³-hybridized carbons (Fsp3) is 0.176. The lowest BCUT2D eigenvalue weighted by Crippen LogP contribution is -2.28. The normalized spacial score (nSPS) is 15.3. The molecule has 2 aromatic carbocycles. The summed E-state index contributed by atoms with van der Waals surface area (Å²) in [4.78, 5) is 23.6. The van der Waals surface area contributed by atoms with Crippen LogP contribution in [0.25, 0.3) is 0 Å². The van der Waals surface area contributed by atoms with Crippen molar-refractivity contribution in [2.24, 2.45) is 0 Å². The summed E-state index contributed by atoms with van der Waals surface area (Å²) in [5.74, 6) is -0.175. The van der Waals surface area contributed by atoms with Crippen LogP contribution in [0.1, 0.15) is 21.5 Å². The number of benzene rings is 2. The highest BCUT2D eigenvalue weighted by Crippen LogP contribution is 2.37. The number of hydrogen-bond acceptors (Lipinski definition) is 5. The van der Waals surface area contributed by atoms with Crippen LogP contribution in [0.4, 0.5) is 0 Å². The van der Waals surface area contributed by atoms with Gasteiger partial charge in [-0.25, -0.2) is 4.79 Å². The van der Waals surface area contributed by atoms with Crippen molar-refractivity contribution in [2.45, 2.75) is 13.2 Å². The number of rotatable bonds is 4. The van der Waals surface area contributed by atoms with Crippen LogP contribution in [-0.4, -0.2) is 30.3 Å².